The van der Waals surface area contributed by atoms with Gasteiger partial charge in [0.25, 0.3) is 5.56 Å². The van der Waals surface area contributed by atoms with Crippen molar-refractivity contribution >= 4 is 44.0 Å². The molecule has 36 heavy (non-hydrogen) atoms. The van der Waals surface area contributed by atoms with E-state index < -0.39 is 5.41 Å². The van der Waals surface area contributed by atoms with E-state index in [0.717, 1.165) is 32.2 Å². The smallest absolute Gasteiger partial charge is 0.282 e. The van der Waals surface area contributed by atoms with Crippen molar-refractivity contribution in [1.82, 2.24) is 14.2 Å². The van der Waals surface area contributed by atoms with Gasteiger partial charge in [-0.25, -0.2) is 9.37 Å². The molecule has 0 saturated heterocycles. The average Bonchev–Trinajstić information content (AvgIpc) is 3.10. The molecule has 0 aliphatic heterocycles. The number of halogens is 2. The first-order valence-electron chi connectivity index (χ1n) is 11.7. The molecule has 182 valence electrons. The van der Waals surface area contributed by atoms with Gasteiger partial charge in [-0.3, -0.25) is 4.79 Å². The van der Waals surface area contributed by atoms with Gasteiger partial charge in [0.05, 0.1) is 17.1 Å². The third kappa shape index (κ3) is 4.39. The van der Waals surface area contributed by atoms with Crippen LogP contribution in [0.4, 0.5) is 4.39 Å². The second-order valence-corrected chi connectivity index (χ2v) is 10.9. The van der Waals surface area contributed by atoms with Crippen molar-refractivity contribution in [3.05, 3.63) is 110 Å². The lowest BCUT2D eigenvalue weighted by atomic mass is 9.95. The Morgan fingerprint density at radius 3 is 2.47 bits per heavy atom. The van der Waals surface area contributed by atoms with E-state index in [1.807, 2.05) is 58.0 Å². The zero-order valence-electron chi connectivity index (χ0n) is 20.6. The molecule has 2 aromatic heterocycles. The predicted molar refractivity (Wildman–Crippen MR) is 148 cm³/mol. The molecule has 7 heteroatoms. The number of nitrogens with zero attached hydrogens (tertiary/aromatic N) is 4. The van der Waals surface area contributed by atoms with Crippen LogP contribution in [-0.2, 0) is 12.0 Å². The molecule has 0 atom stereocenters. The summed E-state index contributed by atoms with van der Waals surface area (Å²) in [6, 6.07) is 20.2. The van der Waals surface area contributed by atoms with Gasteiger partial charge in [-0.2, -0.15) is 9.78 Å². The number of rotatable bonds is 4. The van der Waals surface area contributed by atoms with Crippen molar-refractivity contribution in [2.45, 2.75) is 39.7 Å². The first-order chi connectivity index (χ1) is 17.1. The van der Waals surface area contributed by atoms with Gasteiger partial charge in [0.15, 0.2) is 0 Å². The van der Waals surface area contributed by atoms with Gasteiger partial charge in [0.1, 0.15) is 11.6 Å². The number of para-hydroxylation sites is 1. The topological polar surface area (TPSA) is 52.2 Å². The molecule has 0 fully saturated rings. The van der Waals surface area contributed by atoms with Crippen LogP contribution in [0.15, 0.2) is 81.1 Å². The Morgan fingerprint density at radius 2 is 1.75 bits per heavy atom. The number of fused-ring (bicyclic) bond motifs is 2. The molecule has 5 aromatic rings. The first kappa shape index (κ1) is 24.1. The van der Waals surface area contributed by atoms with Gasteiger partial charge in [0, 0.05) is 38.6 Å². The molecule has 5 rings (SSSR count). The highest BCUT2D eigenvalue weighted by atomic mass is 79.9. The minimum absolute atomic E-state index is 0.213. The summed E-state index contributed by atoms with van der Waals surface area (Å²) < 4.78 is 17.8. The maximum atomic E-state index is 13.5. The molecule has 5 nitrogen and oxygen atoms in total. The average molecular weight is 545 g/mol. The lowest BCUT2D eigenvalue weighted by Gasteiger charge is -2.20. The minimum Gasteiger partial charge on any atom is -0.340 e. The van der Waals surface area contributed by atoms with E-state index in [1.165, 1.54) is 16.8 Å². The summed E-state index contributed by atoms with van der Waals surface area (Å²) in [6.45, 7) is 8.69. The summed E-state index contributed by atoms with van der Waals surface area (Å²) >= 11 is 3.46. The quantitative estimate of drug-likeness (QED) is 0.234. The standard InChI is InChI=1S/C29H26BrFN4O/c1-18-24(22-7-5-6-8-26(22)34(18)17-19-9-12-21(31)13-10-19)16-32-35-27(36)23-15-20(30)11-14-25(23)33-28(35)29(2,3)4/h5-16H,17H2,1-4H3. The monoisotopic (exact) mass is 544 g/mol. The van der Waals surface area contributed by atoms with E-state index in [-0.39, 0.29) is 11.4 Å². The molecule has 0 N–H and O–H groups in total. The number of benzene rings is 3. The van der Waals surface area contributed by atoms with E-state index in [0.29, 0.717) is 23.3 Å². The molecule has 0 saturated carbocycles. The van der Waals surface area contributed by atoms with Gasteiger partial charge in [0.2, 0.25) is 0 Å². The molecule has 0 radical (unpaired) electrons. The van der Waals surface area contributed by atoms with Crippen LogP contribution in [0.2, 0.25) is 0 Å². The summed E-state index contributed by atoms with van der Waals surface area (Å²) in [4.78, 5) is 18.4. The van der Waals surface area contributed by atoms with Crippen LogP contribution in [-0.4, -0.2) is 20.4 Å². The van der Waals surface area contributed by atoms with Crippen LogP contribution in [0.3, 0.4) is 0 Å². The summed E-state index contributed by atoms with van der Waals surface area (Å²) in [5, 5.41) is 6.24. The molecule has 0 spiro atoms. The summed E-state index contributed by atoms with van der Waals surface area (Å²) in [6.07, 6.45) is 1.75. The SMILES string of the molecule is Cc1c(C=Nn2c(C(C)(C)C)nc3ccc(Br)cc3c2=O)c2ccccc2n1Cc1ccc(F)cc1. The summed E-state index contributed by atoms with van der Waals surface area (Å²) in [5.41, 5.74) is 4.01. The van der Waals surface area contributed by atoms with E-state index >= 15 is 0 Å². The molecule has 0 aliphatic rings. The molecule has 0 bridgehead atoms. The Bertz CT molecular complexity index is 1690. The molecular formula is C29H26BrFN4O. The summed E-state index contributed by atoms with van der Waals surface area (Å²) in [5.74, 6) is 0.336. The largest absolute Gasteiger partial charge is 0.340 e. The lowest BCUT2D eigenvalue weighted by molar-refractivity contribution is 0.506. The Morgan fingerprint density at radius 1 is 1.03 bits per heavy atom. The highest BCUT2D eigenvalue weighted by Crippen LogP contribution is 2.27. The van der Waals surface area contributed by atoms with Crippen LogP contribution in [0.5, 0.6) is 0 Å². The molecule has 3 aromatic carbocycles. The van der Waals surface area contributed by atoms with E-state index in [4.69, 9.17) is 10.1 Å². The second kappa shape index (κ2) is 9.13. The Kier molecular flexibility index (Phi) is 6.12. The van der Waals surface area contributed by atoms with Crippen LogP contribution in [0, 0.1) is 12.7 Å². The van der Waals surface area contributed by atoms with Gasteiger partial charge in [-0.05, 0) is 48.9 Å². The Labute approximate surface area is 217 Å². The van der Waals surface area contributed by atoms with Crippen molar-refractivity contribution in [3.63, 3.8) is 0 Å². The molecule has 0 amide bonds. The predicted octanol–water partition coefficient (Wildman–Crippen LogP) is 6.79. The maximum Gasteiger partial charge on any atom is 0.282 e. The summed E-state index contributed by atoms with van der Waals surface area (Å²) in [7, 11) is 0. The van der Waals surface area contributed by atoms with E-state index in [2.05, 4.69) is 26.6 Å². The highest BCUT2D eigenvalue weighted by Gasteiger charge is 2.23. The van der Waals surface area contributed by atoms with Gasteiger partial charge in [-0.1, -0.05) is 67.0 Å². The third-order valence-corrected chi connectivity index (χ3v) is 6.81. The zero-order valence-corrected chi connectivity index (χ0v) is 22.2. The van der Waals surface area contributed by atoms with Gasteiger partial charge < -0.3 is 4.57 Å². The Balaban J connectivity index is 1.67. The molecular weight excluding hydrogens is 519 g/mol. The molecule has 2 heterocycles. The Hall–Kier alpha value is -3.58. The van der Waals surface area contributed by atoms with E-state index in [9.17, 15) is 9.18 Å². The van der Waals surface area contributed by atoms with Crippen LogP contribution in [0.25, 0.3) is 21.8 Å². The van der Waals surface area contributed by atoms with Crippen LogP contribution in [0.1, 0.15) is 43.4 Å². The van der Waals surface area contributed by atoms with Crippen molar-refractivity contribution in [2.75, 3.05) is 0 Å². The van der Waals surface area contributed by atoms with Crippen molar-refractivity contribution in [1.29, 1.82) is 0 Å². The van der Waals surface area contributed by atoms with Crippen molar-refractivity contribution < 1.29 is 4.39 Å². The fourth-order valence-electron chi connectivity index (χ4n) is 4.45. The van der Waals surface area contributed by atoms with Crippen LogP contribution >= 0.6 is 15.9 Å². The number of aromatic nitrogens is 3. The molecule has 0 aliphatic carbocycles. The fraction of sp³-hybridized carbons (Fsp3) is 0.207. The maximum absolute atomic E-state index is 13.5. The first-order valence-corrected chi connectivity index (χ1v) is 12.5. The highest BCUT2D eigenvalue weighted by molar-refractivity contribution is 9.10. The van der Waals surface area contributed by atoms with E-state index in [1.54, 1.807) is 24.4 Å². The second-order valence-electron chi connectivity index (χ2n) is 9.94. The third-order valence-electron chi connectivity index (χ3n) is 6.32. The number of hydrogen-bond acceptors (Lipinski definition) is 3. The van der Waals surface area contributed by atoms with Crippen molar-refractivity contribution in [3.8, 4) is 0 Å². The van der Waals surface area contributed by atoms with Crippen LogP contribution < -0.4 is 5.56 Å². The minimum atomic E-state index is -0.399. The fourth-order valence-corrected chi connectivity index (χ4v) is 4.81. The zero-order chi connectivity index (χ0) is 25.6. The normalized spacial score (nSPS) is 12.3. The van der Waals surface area contributed by atoms with Crippen molar-refractivity contribution in [2.24, 2.45) is 5.10 Å². The lowest BCUT2D eigenvalue weighted by Crippen LogP contribution is -2.29. The van der Waals surface area contributed by atoms with Gasteiger partial charge in [-0.15, -0.1) is 0 Å². The number of hydrogen-bond donors (Lipinski definition) is 0. The molecule has 0 unspecified atom stereocenters. The van der Waals surface area contributed by atoms with Gasteiger partial charge >= 0.3 is 0 Å².